The molecule has 170 valence electrons. The van der Waals surface area contributed by atoms with Gasteiger partial charge in [0.1, 0.15) is 0 Å². The number of fused-ring (bicyclic) bond motifs is 2. The maximum Gasteiger partial charge on any atom is 0.241 e. The fraction of sp³-hybridized carbons (Fsp3) is 0.231. The van der Waals surface area contributed by atoms with Crippen molar-refractivity contribution in [3.8, 4) is 0 Å². The van der Waals surface area contributed by atoms with E-state index in [1.807, 2.05) is 42.5 Å². The molecule has 0 spiro atoms. The molecule has 4 aromatic rings. The smallest absolute Gasteiger partial charge is 0.241 e. The lowest BCUT2D eigenvalue weighted by Crippen LogP contribution is -2.37. The van der Waals surface area contributed by atoms with E-state index >= 15 is 0 Å². The predicted octanol–water partition coefficient (Wildman–Crippen LogP) is 5.28. The summed E-state index contributed by atoms with van der Waals surface area (Å²) in [4.78, 5) is 2.60. The molecule has 0 radical (unpaired) electrons. The molecule has 0 saturated carbocycles. The fourth-order valence-electron chi connectivity index (χ4n) is 4.66. The molecule has 0 fully saturated rings. The zero-order chi connectivity index (χ0) is 23.0. The van der Waals surface area contributed by atoms with Crippen molar-refractivity contribution in [3.05, 3.63) is 83.5 Å². The van der Waals surface area contributed by atoms with Crippen molar-refractivity contribution in [3.63, 3.8) is 0 Å². The summed E-state index contributed by atoms with van der Waals surface area (Å²) in [5, 5.41) is 3.55. The molecule has 1 aromatic heterocycles. The highest BCUT2D eigenvalue weighted by Crippen LogP contribution is 2.29. The number of benzene rings is 3. The number of rotatable bonds is 6. The van der Waals surface area contributed by atoms with Gasteiger partial charge >= 0.3 is 0 Å². The van der Waals surface area contributed by atoms with Crippen LogP contribution in [0.15, 0.2) is 77.7 Å². The van der Waals surface area contributed by atoms with Crippen LogP contribution >= 0.6 is 11.6 Å². The highest BCUT2D eigenvalue weighted by molar-refractivity contribution is 7.89. The van der Waals surface area contributed by atoms with Crippen molar-refractivity contribution >= 4 is 49.0 Å². The highest BCUT2D eigenvalue weighted by atomic mass is 35.5. The van der Waals surface area contributed by atoms with Gasteiger partial charge in [-0.1, -0.05) is 54.1 Å². The third-order valence-corrected chi connectivity index (χ3v) is 8.02. The molecular formula is C26H26ClN3O2S. The standard InChI is InChI=1S/C26H26ClN3O2S/c1-19-17-21-18-22(27)9-10-25(21)30(19)23-11-14-29(15-12-23)16-13-28-33(31,32)26-8-4-6-20-5-2-3-7-24(20)26/h2-11,17-18,28H,12-16H2,1H3. The molecule has 1 N–H and O–H groups in total. The zero-order valence-electron chi connectivity index (χ0n) is 18.5. The minimum Gasteiger partial charge on any atom is -0.318 e. The quantitative estimate of drug-likeness (QED) is 0.409. The van der Waals surface area contributed by atoms with Crippen LogP contribution in [0.5, 0.6) is 0 Å². The molecular weight excluding hydrogens is 454 g/mol. The molecule has 0 atom stereocenters. The lowest BCUT2D eigenvalue weighted by Gasteiger charge is -2.27. The van der Waals surface area contributed by atoms with Gasteiger partial charge in [0, 0.05) is 59.8 Å². The molecule has 33 heavy (non-hydrogen) atoms. The minimum absolute atomic E-state index is 0.330. The van der Waals surface area contributed by atoms with E-state index in [1.165, 1.54) is 16.9 Å². The monoisotopic (exact) mass is 479 g/mol. The lowest BCUT2D eigenvalue weighted by molar-refractivity contribution is 0.304. The Labute approximate surface area is 199 Å². The van der Waals surface area contributed by atoms with E-state index in [0.29, 0.717) is 18.0 Å². The second kappa shape index (κ2) is 8.95. The zero-order valence-corrected chi connectivity index (χ0v) is 20.0. The first kappa shape index (κ1) is 22.2. The van der Waals surface area contributed by atoms with Crippen molar-refractivity contribution in [2.75, 3.05) is 26.2 Å². The normalized spacial score (nSPS) is 15.3. The molecule has 0 saturated heterocycles. The van der Waals surface area contributed by atoms with E-state index in [0.717, 1.165) is 40.7 Å². The highest BCUT2D eigenvalue weighted by Gasteiger charge is 2.19. The van der Waals surface area contributed by atoms with Crippen LogP contribution in [-0.2, 0) is 10.0 Å². The first-order chi connectivity index (χ1) is 15.9. The average Bonchev–Trinajstić information content (AvgIpc) is 3.13. The number of nitrogens with one attached hydrogen (secondary N) is 1. The van der Waals surface area contributed by atoms with Gasteiger partial charge < -0.3 is 4.57 Å². The summed E-state index contributed by atoms with van der Waals surface area (Å²) in [6, 6.07) is 21.1. The van der Waals surface area contributed by atoms with Crippen LogP contribution in [0.2, 0.25) is 5.02 Å². The first-order valence-electron chi connectivity index (χ1n) is 11.1. The van der Waals surface area contributed by atoms with Gasteiger partial charge in [0.25, 0.3) is 0 Å². The van der Waals surface area contributed by atoms with Crippen LogP contribution in [0.4, 0.5) is 0 Å². The van der Waals surface area contributed by atoms with E-state index in [4.69, 9.17) is 11.6 Å². The SMILES string of the molecule is Cc1cc2cc(Cl)ccc2n1C1=CCN(CCNS(=O)(=O)c2cccc3ccccc23)CC1. The Balaban J connectivity index is 1.24. The number of hydrogen-bond donors (Lipinski definition) is 1. The topological polar surface area (TPSA) is 54.3 Å². The van der Waals surface area contributed by atoms with Crippen LogP contribution < -0.4 is 4.72 Å². The molecule has 0 amide bonds. The Bertz CT molecular complexity index is 1470. The molecule has 1 aliphatic rings. The maximum atomic E-state index is 12.9. The summed E-state index contributed by atoms with van der Waals surface area (Å²) in [6.07, 6.45) is 3.15. The number of sulfonamides is 1. The summed E-state index contributed by atoms with van der Waals surface area (Å²) in [5.41, 5.74) is 3.63. The molecule has 0 aliphatic carbocycles. The molecule has 0 bridgehead atoms. The first-order valence-corrected chi connectivity index (χ1v) is 13.0. The van der Waals surface area contributed by atoms with Crippen molar-refractivity contribution in [2.24, 2.45) is 0 Å². The number of nitrogens with zero attached hydrogens (tertiary/aromatic N) is 2. The maximum absolute atomic E-state index is 12.9. The second-order valence-electron chi connectivity index (χ2n) is 8.45. The van der Waals surface area contributed by atoms with Crippen LogP contribution in [0, 0.1) is 6.92 Å². The summed E-state index contributed by atoms with van der Waals surface area (Å²) in [7, 11) is -3.57. The summed E-state index contributed by atoms with van der Waals surface area (Å²) in [6.45, 7) is 4.82. The number of hydrogen-bond acceptors (Lipinski definition) is 3. The van der Waals surface area contributed by atoms with Gasteiger partial charge in [0.2, 0.25) is 10.0 Å². The second-order valence-corrected chi connectivity index (χ2v) is 10.6. The summed E-state index contributed by atoms with van der Waals surface area (Å²) < 4.78 is 30.9. The molecule has 0 unspecified atom stereocenters. The van der Waals surface area contributed by atoms with Crippen LogP contribution in [0.1, 0.15) is 12.1 Å². The Morgan fingerprint density at radius 2 is 1.82 bits per heavy atom. The van der Waals surface area contributed by atoms with Gasteiger partial charge in [-0.25, -0.2) is 13.1 Å². The van der Waals surface area contributed by atoms with Gasteiger partial charge in [0.05, 0.1) is 10.4 Å². The average molecular weight is 480 g/mol. The van der Waals surface area contributed by atoms with Crippen LogP contribution in [-0.4, -0.2) is 44.1 Å². The van der Waals surface area contributed by atoms with Crippen LogP contribution in [0.3, 0.4) is 0 Å². The van der Waals surface area contributed by atoms with E-state index in [-0.39, 0.29) is 0 Å². The van der Waals surface area contributed by atoms with Crippen LogP contribution in [0.25, 0.3) is 27.4 Å². The number of aryl methyl sites for hydroxylation is 1. The van der Waals surface area contributed by atoms with E-state index < -0.39 is 10.0 Å². The van der Waals surface area contributed by atoms with Gasteiger partial charge in [-0.15, -0.1) is 0 Å². The molecule has 1 aliphatic heterocycles. The molecule has 5 rings (SSSR count). The number of aromatic nitrogens is 1. The Kier molecular flexibility index (Phi) is 6.01. The van der Waals surface area contributed by atoms with Crippen molar-refractivity contribution in [1.82, 2.24) is 14.2 Å². The van der Waals surface area contributed by atoms with Crippen molar-refractivity contribution < 1.29 is 8.42 Å². The minimum atomic E-state index is -3.57. The molecule has 5 nitrogen and oxygen atoms in total. The Hall–Kier alpha value is -2.64. The van der Waals surface area contributed by atoms with E-state index in [9.17, 15) is 8.42 Å². The predicted molar refractivity (Wildman–Crippen MR) is 136 cm³/mol. The van der Waals surface area contributed by atoms with Crippen molar-refractivity contribution in [2.45, 2.75) is 18.2 Å². The van der Waals surface area contributed by atoms with Gasteiger partial charge in [-0.2, -0.15) is 0 Å². The molecule has 3 aromatic carbocycles. The summed E-state index contributed by atoms with van der Waals surface area (Å²) in [5.74, 6) is 0. The van der Waals surface area contributed by atoms with Crippen molar-refractivity contribution in [1.29, 1.82) is 0 Å². The Morgan fingerprint density at radius 3 is 2.64 bits per heavy atom. The largest absolute Gasteiger partial charge is 0.318 e. The molecule has 2 heterocycles. The van der Waals surface area contributed by atoms with Gasteiger partial charge in [-0.05, 0) is 42.6 Å². The van der Waals surface area contributed by atoms with Gasteiger partial charge in [0.15, 0.2) is 0 Å². The molecule has 7 heteroatoms. The lowest BCUT2D eigenvalue weighted by atomic mass is 10.1. The Morgan fingerprint density at radius 1 is 1.00 bits per heavy atom. The van der Waals surface area contributed by atoms with E-state index in [1.54, 1.807) is 12.1 Å². The third kappa shape index (κ3) is 4.44. The third-order valence-electron chi connectivity index (χ3n) is 6.26. The number of halogens is 1. The van der Waals surface area contributed by atoms with E-state index in [2.05, 4.69) is 39.3 Å². The fourth-order valence-corrected chi connectivity index (χ4v) is 6.09. The van der Waals surface area contributed by atoms with Gasteiger partial charge in [-0.3, -0.25) is 4.90 Å². The summed E-state index contributed by atoms with van der Waals surface area (Å²) >= 11 is 6.15.